The maximum atomic E-state index is 12.5. The monoisotopic (exact) mass is 370 g/mol. The molecule has 0 saturated heterocycles. The van der Waals surface area contributed by atoms with Gasteiger partial charge >= 0.3 is 0 Å². The molecule has 3 rings (SSSR count). The first kappa shape index (κ1) is 17.1. The number of anilines is 1. The van der Waals surface area contributed by atoms with E-state index in [0.717, 1.165) is 0 Å². The van der Waals surface area contributed by atoms with Gasteiger partial charge in [-0.1, -0.05) is 35.3 Å². The third-order valence-corrected chi connectivity index (χ3v) is 4.40. The summed E-state index contributed by atoms with van der Waals surface area (Å²) in [5.74, 6) is 0.623. The number of nitrogens with zero attached hydrogens (tertiary/aromatic N) is 1. The van der Waals surface area contributed by atoms with Gasteiger partial charge in [0, 0.05) is 5.56 Å². The smallest absolute Gasteiger partial charge is 0.259 e. The number of carbonyl (C=O) groups is 1. The molecule has 3 aromatic rings. The van der Waals surface area contributed by atoms with E-state index in [1.165, 1.54) is 0 Å². The lowest BCUT2D eigenvalue weighted by molar-refractivity contribution is 0.102. The van der Waals surface area contributed by atoms with Crippen LogP contribution in [-0.2, 0) is 0 Å². The van der Waals surface area contributed by atoms with E-state index in [2.05, 4.69) is 5.32 Å². The third kappa shape index (κ3) is 3.53. The maximum absolute atomic E-state index is 12.5. The molecule has 1 heterocycles. The number of rotatable bonds is 3. The highest BCUT2D eigenvalue weighted by atomic mass is 35.5. The van der Waals surface area contributed by atoms with Gasteiger partial charge in [0.25, 0.3) is 5.91 Å². The standard InChI is InChI=1S/C19H12Cl2N2O2/c1-11-14(19(24)23-17-5-3-2-4-13(17)10-22)9-18(25-11)12-6-7-15(20)16(21)8-12/h2-9H,1H3,(H,23,24). The molecule has 0 saturated carbocycles. The molecule has 1 amide bonds. The predicted molar refractivity (Wildman–Crippen MR) is 98.0 cm³/mol. The molecule has 0 unspecified atom stereocenters. The molecule has 6 heteroatoms. The first-order chi connectivity index (χ1) is 12.0. The van der Waals surface area contributed by atoms with Crippen LogP contribution in [0.3, 0.4) is 0 Å². The van der Waals surface area contributed by atoms with Crippen molar-refractivity contribution in [3.63, 3.8) is 0 Å². The first-order valence-corrected chi connectivity index (χ1v) is 8.11. The van der Waals surface area contributed by atoms with E-state index in [4.69, 9.17) is 32.9 Å². The minimum absolute atomic E-state index is 0.352. The van der Waals surface area contributed by atoms with Gasteiger partial charge in [0.15, 0.2) is 0 Å². The van der Waals surface area contributed by atoms with Gasteiger partial charge < -0.3 is 9.73 Å². The van der Waals surface area contributed by atoms with Crippen LogP contribution in [0, 0.1) is 18.3 Å². The topological polar surface area (TPSA) is 66.0 Å². The van der Waals surface area contributed by atoms with E-state index < -0.39 is 0 Å². The Morgan fingerprint density at radius 1 is 1.12 bits per heavy atom. The fraction of sp³-hybridized carbons (Fsp3) is 0.0526. The molecule has 0 fully saturated rings. The number of amides is 1. The largest absolute Gasteiger partial charge is 0.461 e. The molecule has 0 bridgehead atoms. The summed E-state index contributed by atoms with van der Waals surface area (Å²) in [5.41, 5.74) is 1.94. The Bertz CT molecular complexity index is 1000. The number of carbonyl (C=O) groups excluding carboxylic acids is 1. The summed E-state index contributed by atoms with van der Waals surface area (Å²) in [4.78, 5) is 12.5. The summed E-state index contributed by atoms with van der Waals surface area (Å²) in [6, 6.07) is 15.6. The maximum Gasteiger partial charge on any atom is 0.259 e. The Morgan fingerprint density at radius 3 is 2.60 bits per heavy atom. The highest BCUT2D eigenvalue weighted by Crippen LogP contribution is 2.31. The van der Waals surface area contributed by atoms with Gasteiger partial charge in [0.05, 0.1) is 26.9 Å². The molecule has 2 aromatic carbocycles. The van der Waals surface area contributed by atoms with Crippen LogP contribution in [-0.4, -0.2) is 5.91 Å². The zero-order chi connectivity index (χ0) is 18.0. The fourth-order valence-corrected chi connectivity index (χ4v) is 2.68. The minimum atomic E-state index is -0.352. The predicted octanol–water partition coefficient (Wildman–Crippen LogP) is 5.69. The fourth-order valence-electron chi connectivity index (χ4n) is 2.38. The first-order valence-electron chi connectivity index (χ1n) is 7.36. The average Bonchev–Trinajstić information content (AvgIpc) is 2.99. The van der Waals surface area contributed by atoms with E-state index in [-0.39, 0.29) is 5.91 Å². The highest BCUT2D eigenvalue weighted by molar-refractivity contribution is 6.42. The van der Waals surface area contributed by atoms with Gasteiger partial charge in [0.1, 0.15) is 17.6 Å². The molecule has 4 nitrogen and oxygen atoms in total. The Morgan fingerprint density at radius 2 is 1.88 bits per heavy atom. The van der Waals surface area contributed by atoms with Crippen molar-refractivity contribution in [2.24, 2.45) is 0 Å². The molecule has 1 N–H and O–H groups in total. The molecular weight excluding hydrogens is 359 g/mol. The minimum Gasteiger partial charge on any atom is -0.461 e. The van der Waals surface area contributed by atoms with Crippen molar-refractivity contribution >= 4 is 34.8 Å². The number of nitrogens with one attached hydrogen (secondary N) is 1. The second-order valence-electron chi connectivity index (χ2n) is 5.32. The molecule has 0 aliphatic heterocycles. The van der Waals surface area contributed by atoms with Crippen LogP contribution in [0.25, 0.3) is 11.3 Å². The zero-order valence-electron chi connectivity index (χ0n) is 13.1. The molecule has 0 aliphatic carbocycles. The molecule has 25 heavy (non-hydrogen) atoms. The van der Waals surface area contributed by atoms with E-state index in [0.29, 0.717) is 43.9 Å². The summed E-state index contributed by atoms with van der Waals surface area (Å²) < 4.78 is 5.68. The molecule has 0 atom stereocenters. The Balaban J connectivity index is 1.91. The Labute approximate surface area is 154 Å². The van der Waals surface area contributed by atoms with Crippen LogP contribution >= 0.6 is 23.2 Å². The van der Waals surface area contributed by atoms with Crippen LogP contribution in [0.4, 0.5) is 5.69 Å². The van der Waals surface area contributed by atoms with Crippen molar-refractivity contribution in [3.8, 4) is 17.4 Å². The Kier molecular flexibility index (Phi) is 4.80. The van der Waals surface area contributed by atoms with Crippen molar-refractivity contribution < 1.29 is 9.21 Å². The summed E-state index contributed by atoms with van der Waals surface area (Å²) in [5, 5.41) is 12.7. The van der Waals surface area contributed by atoms with Crippen LogP contribution in [0.5, 0.6) is 0 Å². The van der Waals surface area contributed by atoms with Gasteiger partial charge in [-0.15, -0.1) is 0 Å². The Hall–Kier alpha value is -2.74. The van der Waals surface area contributed by atoms with Gasteiger partial charge in [0.2, 0.25) is 0 Å². The number of para-hydroxylation sites is 1. The molecular formula is C19H12Cl2N2O2. The number of benzene rings is 2. The average molecular weight is 371 g/mol. The molecule has 0 aliphatic rings. The number of nitriles is 1. The van der Waals surface area contributed by atoms with Crippen molar-refractivity contribution in [2.75, 3.05) is 5.32 Å². The second kappa shape index (κ2) is 7.02. The number of furan rings is 1. The van der Waals surface area contributed by atoms with E-state index >= 15 is 0 Å². The van der Waals surface area contributed by atoms with E-state index in [1.807, 2.05) is 6.07 Å². The lowest BCUT2D eigenvalue weighted by Crippen LogP contribution is -2.13. The third-order valence-electron chi connectivity index (χ3n) is 3.66. The summed E-state index contributed by atoms with van der Waals surface area (Å²) in [6.45, 7) is 1.70. The van der Waals surface area contributed by atoms with Gasteiger partial charge in [-0.05, 0) is 43.3 Å². The van der Waals surface area contributed by atoms with Crippen LogP contribution < -0.4 is 5.32 Å². The van der Waals surface area contributed by atoms with Crippen molar-refractivity contribution in [3.05, 3.63) is 75.5 Å². The summed E-state index contributed by atoms with van der Waals surface area (Å²) >= 11 is 12.0. The van der Waals surface area contributed by atoms with Gasteiger partial charge in [-0.2, -0.15) is 5.26 Å². The number of hydrogen-bond acceptors (Lipinski definition) is 3. The quantitative estimate of drug-likeness (QED) is 0.644. The normalized spacial score (nSPS) is 10.3. The summed E-state index contributed by atoms with van der Waals surface area (Å²) in [6.07, 6.45) is 0. The van der Waals surface area contributed by atoms with Crippen molar-refractivity contribution in [2.45, 2.75) is 6.92 Å². The number of aryl methyl sites for hydroxylation is 1. The molecule has 0 radical (unpaired) electrons. The highest BCUT2D eigenvalue weighted by Gasteiger charge is 2.17. The molecule has 1 aromatic heterocycles. The van der Waals surface area contributed by atoms with Crippen LogP contribution in [0.15, 0.2) is 52.9 Å². The number of halogens is 2. The van der Waals surface area contributed by atoms with Crippen molar-refractivity contribution in [1.29, 1.82) is 5.26 Å². The van der Waals surface area contributed by atoms with Gasteiger partial charge in [-0.3, -0.25) is 4.79 Å². The summed E-state index contributed by atoms with van der Waals surface area (Å²) in [7, 11) is 0. The lowest BCUT2D eigenvalue weighted by Gasteiger charge is -2.05. The molecule has 0 spiro atoms. The van der Waals surface area contributed by atoms with E-state index in [1.54, 1.807) is 55.5 Å². The van der Waals surface area contributed by atoms with E-state index in [9.17, 15) is 4.79 Å². The van der Waals surface area contributed by atoms with Crippen LogP contribution in [0.2, 0.25) is 10.0 Å². The van der Waals surface area contributed by atoms with Crippen LogP contribution in [0.1, 0.15) is 21.7 Å². The molecule has 124 valence electrons. The zero-order valence-corrected chi connectivity index (χ0v) is 14.7. The van der Waals surface area contributed by atoms with Gasteiger partial charge in [-0.25, -0.2) is 0 Å². The second-order valence-corrected chi connectivity index (χ2v) is 6.14. The number of hydrogen-bond donors (Lipinski definition) is 1. The van der Waals surface area contributed by atoms with Crippen molar-refractivity contribution in [1.82, 2.24) is 0 Å². The lowest BCUT2D eigenvalue weighted by atomic mass is 10.1. The SMILES string of the molecule is Cc1oc(-c2ccc(Cl)c(Cl)c2)cc1C(=O)Nc1ccccc1C#N.